The lowest BCUT2D eigenvalue weighted by Crippen LogP contribution is -2.48. The third-order valence-corrected chi connectivity index (χ3v) is 7.07. The maximum absolute atomic E-state index is 11.7. The lowest BCUT2D eigenvalue weighted by Gasteiger charge is -2.34. The van der Waals surface area contributed by atoms with Gasteiger partial charge in [-0.1, -0.05) is 20.8 Å². The van der Waals surface area contributed by atoms with Crippen LogP contribution in [0.25, 0.3) is 16.6 Å². The van der Waals surface area contributed by atoms with Crippen LogP contribution in [-0.2, 0) is 4.79 Å². The van der Waals surface area contributed by atoms with E-state index in [2.05, 4.69) is 47.7 Å². The number of fused-ring (bicyclic) bond motifs is 1. The van der Waals surface area contributed by atoms with Crippen molar-refractivity contribution in [1.82, 2.24) is 19.5 Å². The first kappa shape index (κ1) is 24.1. The zero-order chi connectivity index (χ0) is 25.0. The standard InChI is InChI=1S/C27H30N6O2/c1-5-25(34)32-12-10-31(11-13-32)24-9-8-20(16-29-24)23-14-22(35-19-27(4,6-2)7-3)18-33-26(23)21(15-28)17-30-33/h1,8-9,14,16-18H,6-7,10-13,19H2,2-4H3. The molecule has 180 valence electrons. The number of terminal acetylenes is 1. The number of rotatable bonds is 7. The van der Waals surface area contributed by atoms with E-state index in [4.69, 9.17) is 11.2 Å². The van der Waals surface area contributed by atoms with Crippen LogP contribution in [0.4, 0.5) is 5.82 Å². The van der Waals surface area contributed by atoms with Gasteiger partial charge in [-0.2, -0.15) is 10.4 Å². The average molecular weight is 471 g/mol. The van der Waals surface area contributed by atoms with E-state index in [-0.39, 0.29) is 11.3 Å². The molecule has 0 spiro atoms. The molecule has 1 aliphatic heterocycles. The molecule has 35 heavy (non-hydrogen) atoms. The van der Waals surface area contributed by atoms with Crippen molar-refractivity contribution < 1.29 is 9.53 Å². The molecule has 8 nitrogen and oxygen atoms in total. The van der Waals surface area contributed by atoms with E-state index in [1.54, 1.807) is 15.6 Å². The van der Waals surface area contributed by atoms with Crippen molar-refractivity contribution in [3.63, 3.8) is 0 Å². The van der Waals surface area contributed by atoms with Crippen LogP contribution in [0, 0.1) is 29.1 Å². The van der Waals surface area contributed by atoms with Crippen LogP contribution in [0.3, 0.4) is 0 Å². The van der Waals surface area contributed by atoms with Gasteiger partial charge < -0.3 is 14.5 Å². The van der Waals surface area contributed by atoms with Crippen LogP contribution in [0.1, 0.15) is 39.2 Å². The highest BCUT2D eigenvalue weighted by atomic mass is 16.5. The summed E-state index contributed by atoms with van der Waals surface area (Å²) in [4.78, 5) is 20.2. The molecule has 0 radical (unpaired) electrons. The molecule has 0 atom stereocenters. The van der Waals surface area contributed by atoms with Crippen molar-refractivity contribution >= 4 is 17.2 Å². The summed E-state index contributed by atoms with van der Waals surface area (Å²) in [6.45, 7) is 9.65. The highest BCUT2D eigenvalue weighted by Gasteiger charge is 2.23. The number of hydrogen-bond acceptors (Lipinski definition) is 6. The first-order valence-electron chi connectivity index (χ1n) is 11.9. The van der Waals surface area contributed by atoms with Crippen LogP contribution >= 0.6 is 0 Å². The number of carbonyl (C=O) groups excluding carboxylic acids is 1. The molecule has 4 heterocycles. The summed E-state index contributed by atoms with van der Waals surface area (Å²) in [5.41, 5.74) is 3.03. The van der Waals surface area contributed by atoms with Crippen LogP contribution in [0.15, 0.2) is 36.8 Å². The highest BCUT2D eigenvalue weighted by Crippen LogP contribution is 2.33. The Hall–Kier alpha value is -4.04. The molecule has 0 bridgehead atoms. The summed E-state index contributed by atoms with van der Waals surface area (Å²) in [7, 11) is 0. The molecule has 3 aromatic rings. The highest BCUT2D eigenvalue weighted by molar-refractivity contribution is 5.93. The molecule has 4 rings (SSSR count). The van der Waals surface area contributed by atoms with Crippen molar-refractivity contribution in [2.45, 2.75) is 33.6 Å². The molecule has 1 amide bonds. The average Bonchev–Trinajstić information content (AvgIpc) is 3.34. The molecule has 0 unspecified atom stereocenters. The molecule has 0 N–H and O–H groups in total. The van der Waals surface area contributed by atoms with Crippen molar-refractivity contribution in [2.75, 3.05) is 37.7 Å². The van der Waals surface area contributed by atoms with E-state index in [1.165, 1.54) is 0 Å². The summed E-state index contributed by atoms with van der Waals surface area (Å²) in [6.07, 6.45) is 12.5. The smallest absolute Gasteiger partial charge is 0.298 e. The molecule has 0 aliphatic carbocycles. The first-order valence-corrected chi connectivity index (χ1v) is 11.9. The fourth-order valence-electron chi connectivity index (χ4n) is 4.15. The number of nitriles is 1. The Morgan fingerprint density at radius 2 is 1.94 bits per heavy atom. The molecule has 0 saturated carbocycles. The summed E-state index contributed by atoms with van der Waals surface area (Å²) in [5, 5.41) is 14.0. The summed E-state index contributed by atoms with van der Waals surface area (Å²) >= 11 is 0. The quantitative estimate of drug-likeness (QED) is 0.489. The summed E-state index contributed by atoms with van der Waals surface area (Å²) < 4.78 is 7.91. The largest absolute Gasteiger partial charge is 0.491 e. The fraction of sp³-hybridized carbons (Fsp3) is 0.407. The number of piperazine rings is 1. The van der Waals surface area contributed by atoms with Gasteiger partial charge in [0.25, 0.3) is 5.91 Å². The number of nitrogens with zero attached hydrogens (tertiary/aromatic N) is 6. The molecule has 3 aromatic heterocycles. The minimum Gasteiger partial charge on any atom is -0.491 e. The number of pyridine rings is 2. The lowest BCUT2D eigenvalue weighted by molar-refractivity contribution is -0.125. The number of aromatic nitrogens is 3. The Kier molecular flexibility index (Phi) is 6.93. The van der Waals surface area contributed by atoms with Crippen LogP contribution in [0.5, 0.6) is 5.75 Å². The van der Waals surface area contributed by atoms with Gasteiger partial charge in [-0.15, -0.1) is 6.42 Å². The maximum atomic E-state index is 11.7. The number of ether oxygens (including phenoxy) is 1. The molecule has 1 saturated heterocycles. The van der Waals surface area contributed by atoms with E-state index in [0.717, 1.165) is 35.3 Å². The maximum Gasteiger partial charge on any atom is 0.298 e. The Morgan fingerprint density at radius 1 is 1.20 bits per heavy atom. The predicted molar refractivity (Wildman–Crippen MR) is 135 cm³/mol. The van der Waals surface area contributed by atoms with Crippen LogP contribution < -0.4 is 9.64 Å². The Morgan fingerprint density at radius 3 is 2.54 bits per heavy atom. The van der Waals surface area contributed by atoms with Crippen molar-refractivity contribution in [1.29, 1.82) is 5.26 Å². The van der Waals surface area contributed by atoms with E-state index in [9.17, 15) is 10.1 Å². The van der Waals surface area contributed by atoms with E-state index in [0.29, 0.717) is 44.1 Å². The van der Waals surface area contributed by atoms with E-state index < -0.39 is 0 Å². The number of anilines is 1. The van der Waals surface area contributed by atoms with Gasteiger partial charge in [0.05, 0.1) is 30.1 Å². The number of carbonyl (C=O) groups is 1. The third-order valence-electron chi connectivity index (χ3n) is 7.07. The zero-order valence-electron chi connectivity index (χ0n) is 20.5. The van der Waals surface area contributed by atoms with E-state index in [1.807, 2.05) is 30.6 Å². The monoisotopic (exact) mass is 470 g/mol. The van der Waals surface area contributed by atoms with Gasteiger partial charge in [0.2, 0.25) is 0 Å². The summed E-state index contributed by atoms with van der Waals surface area (Å²) in [5.74, 6) is 3.44. The molecule has 8 heteroatoms. The SMILES string of the molecule is C#CC(=O)N1CCN(c2ccc(-c3cc(OCC(C)(CC)CC)cn4ncc(C#N)c34)cn2)CC1. The van der Waals surface area contributed by atoms with Gasteiger partial charge in [0.1, 0.15) is 17.6 Å². The second kappa shape index (κ2) is 10.1. The second-order valence-electron chi connectivity index (χ2n) is 9.19. The van der Waals surface area contributed by atoms with E-state index >= 15 is 0 Å². The predicted octanol–water partition coefficient (Wildman–Crippen LogP) is 3.75. The van der Waals surface area contributed by atoms with Gasteiger partial charge in [0.15, 0.2) is 0 Å². The molecule has 1 fully saturated rings. The number of hydrogen-bond donors (Lipinski definition) is 0. The van der Waals surface area contributed by atoms with Crippen LogP contribution in [-0.4, -0.2) is 58.2 Å². The Balaban J connectivity index is 1.61. The minimum atomic E-state index is -0.272. The zero-order valence-corrected chi connectivity index (χ0v) is 20.5. The van der Waals surface area contributed by atoms with Gasteiger partial charge >= 0.3 is 0 Å². The summed E-state index contributed by atoms with van der Waals surface area (Å²) in [6, 6.07) is 8.16. The van der Waals surface area contributed by atoms with Crippen molar-refractivity contribution in [3.05, 3.63) is 42.4 Å². The minimum absolute atomic E-state index is 0.0924. The topological polar surface area (TPSA) is 86.8 Å². The Bertz CT molecular complexity index is 1290. The number of amides is 1. The molecule has 1 aliphatic rings. The molecular weight excluding hydrogens is 440 g/mol. The van der Waals surface area contributed by atoms with Crippen molar-refractivity contribution in [2.24, 2.45) is 5.41 Å². The lowest BCUT2D eigenvalue weighted by atomic mass is 9.86. The second-order valence-corrected chi connectivity index (χ2v) is 9.19. The Labute approximate surface area is 206 Å². The van der Waals surface area contributed by atoms with Gasteiger partial charge in [-0.25, -0.2) is 9.50 Å². The first-order chi connectivity index (χ1) is 16.9. The molecule has 0 aromatic carbocycles. The molecular formula is C27H30N6O2. The van der Waals surface area contributed by atoms with Crippen molar-refractivity contribution in [3.8, 4) is 35.3 Å². The van der Waals surface area contributed by atoms with Gasteiger partial charge in [-0.05, 0) is 37.0 Å². The van der Waals surface area contributed by atoms with Gasteiger partial charge in [0, 0.05) is 48.9 Å². The third kappa shape index (κ3) is 4.93. The normalized spacial score (nSPS) is 14.0. The van der Waals surface area contributed by atoms with Crippen LogP contribution in [0.2, 0.25) is 0 Å². The van der Waals surface area contributed by atoms with Gasteiger partial charge in [-0.3, -0.25) is 4.79 Å². The fourth-order valence-corrected chi connectivity index (χ4v) is 4.15.